The van der Waals surface area contributed by atoms with Crippen molar-refractivity contribution in [2.24, 2.45) is 0 Å². The Morgan fingerprint density at radius 2 is 1.89 bits per heavy atom. The molecule has 0 aliphatic rings. The van der Waals surface area contributed by atoms with Gasteiger partial charge in [-0.25, -0.2) is 0 Å². The van der Waals surface area contributed by atoms with Crippen molar-refractivity contribution < 1.29 is 4.79 Å². The van der Waals surface area contributed by atoms with Gasteiger partial charge in [0, 0.05) is 0 Å². The Morgan fingerprint density at radius 3 is 2.50 bits per heavy atom. The predicted octanol–water partition coefficient (Wildman–Crippen LogP) is 2.62. The van der Waals surface area contributed by atoms with Gasteiger partial charge in [0.1, 0.15) is 0 Å². The number of carbonyl (C=O) groups is 1. The number of aromatic nitrogens is 2. The number of hydrogen-bond donors (Lipinski definition) is 1. The summed E-state index contributed by atoms with van der Waals surface area (Å²) in [5, 5.41) is 10.5. The fourth-order valence-corrected chi connectivity index (χ4v) is 1.63. The molecule has 4 nitrogen and oxygen atoms in total. The SMILES string of the molecule is C[C@H](NC(=O)c1ccc(Cl)nn1)c1ccccc1. The number of amides is 1. The first-order chi connectivity index (χ1) is 8.66. The molecule has 0 saturated carbocycles. The Balaban J connectivity index is 2.06. The number of benzene rings is 1. The van der Waals surface area contributed by atoms with E-state index < -0.39 is 0 Å². The fourth-order valence-electron chi connectivity index (χ4n) is 1.53. The van der Waals surface area contributed by atoms with Crippen molar-refractivity contribution in [3.05, 3.63) is 58.9 Å². The van der Waals surface area contributed by atoms with Crippen LogP contribution in [0.15, 0.2) is 42.5 Å². The van der Waals surface area contributed by atoms with E-state index in [0.717, 1.165) is 5.56 Å². The minimum absolute atomic E-state index is 0.0869. The van der Waals surface area contributed by atoms with Crippen LogP contribution in [0.4, 0.5) is 0 Å². The van der Waals surface area contributed by atoms with Crippen molar-refractivity contribution in [2.45, 2.75) is 13.0 Å². The number of nitrogens with one attached hydrogen (secondary N) is 1. The second-order valence-electron chi connectivity index (χ2n) is 3.85. The molecule has 0 saturated heterocycles. The molecule has 2 rings (SSSR count). The summed E-state index contributed by atoms with van der Waals surface area (Å²) in [7, 11) is 0. The number of halogens is 1. The van der Waals surface area contributed by atoms with E-state index >= 15 is 0 Å². The molecule has 1 N–H and O–H groups in total. The number of carbonyl (C=O) groups excluding carboxylic acids is 1. The van der Waals surface area contributed by atoms with E-state index in [2.05, 4.69) is 15.5 Å². The molecule has 1 amide bonds. The normalized spacial score (nSPS) is 11.9. The van der Waals surface area contributed by atoms with Crippen LogP contribution in [-0.2, 0) is 0 Å². The van der Waals surface area contributed by atoms with E-state index in [1.54, 1.807) is 6.07 Å². The van der Waals surface area contributed by atoms with Gasteiger partial charge in [-0.1, -0.05) is 41.9 Å². The Morgan fingerprint density at radius 1 is 1.17 bits per heavy atom. The lowest BCUT2D eigenvalue weighted by Gasteiger charge is -2.13. The highest BCUT2D eigenvalue weighted by atomic mass is 35.5. The highest BCUT2D eigenvalue weighted by molar-refractivity contribution is 6.29. The zero-order valence-electron chi connectivity index (χ0n) is 9.80. The quantitative estimate of drug-likeness (QED) is 0.924. The third-order valence-corrected chi connectivity index (χ3v) is 2.71. The van der Waals surface area contributed by atoms with Crippen molar-refractivity contribution in [3.8, 4) is 0 Å². The Hall–Kier alpha value is -1.94. The van der Waals surface area contributed by atoms with Gasteiger partial charge in [0.05, 0.1) is 6.04 Å². The van der Waals surface area contributed by atoms with Crippen LogP contribution in [0, 0.1) is 0 Å². The summed E-state index contributed by atoms with van der Waals surface area (Å²) in [5.41, 5.74) is 1.29. The molecule has 0 radical (unpaired) electrons. The molecule has 2 aromatic rings. The second kappa shape index (κ2) is 5.60. The van der Waals surface area contributed by atoms with E-state index in [0.29, 0.717) is 0 Å². The second-order valence-corrected chi connectivity index (χ2v) is 4.23. The fraction of sp³-hybridized carbons (Fsp3) is 0.154. The summed E-state index contributed by atoms with van der Waals surface area (Å²) in [6.07, 6.45) is 0. The number of nitrogens with zero attached hydrogens (tertiary/aromatic N) is 2. The maximum atomic E-state index is 11.9. The van der Waals surface area contributed by atoms with Crippen LogP contribution in [0.1, 0.15) is 29.0 Å². The highest BCUT2D eigenvalue weighted by Crippen LogP contribution is 2.12. The van der Waals surface area contributed by atoms with E-state index in [-0.39, 0.29) is 22.8 Å². The number of rotatable bonds is 3. The van der Waals surface area contributed by atoms with Crippen LogP contribution in [-0.4, -0.2) is 16.1 Å². The van der Waals surface area contributed by atoms with Gasteiger partial charge in [0.15, 0.2) is 10.8 Å². The van der Waals surface area contributed by atoms with Crippen molar-refractivity contribution in [1.82, 2.24) is 15.5 Å². The molecule has 0 aliphatic heterocycles. The zero-order valence-corrected chi connectivity index (χ0v) is 10.6. The van der Waals surface area contributed by atoms with Crippen LogP contribution in [0.5, 0.6) is 0 Å². The molecule has 1 heterocycles. The average Bonchev–Trinajstić information content (AvgIpc) is 2.40. The van der Waals surface area contributed by atoms with Crippen LogP contribution in [0.2, 0.25) is 5.15 Å². The molecule has 92 valence electrons. The lowest BCUT2D eigenvalue weighted by molar-refractivity contribution is 0.0934. The Kier molecular flexibility index (Phi) is 3.89. The maximum Gasteiger partial charge on any atom is 0.272 e. The third kappa shape index (κ3) is 3.05. The minimum atomic E-state index is -0.268. The van der Waals surface area contributed by atoms with Gasteiger partial charge >= 0.3 is 0 Å². The molecular formula is C13H12ClN3O. The van der Waals surface area contributed by atoms with Crippen LogP contribution >= 0.6 is 11.6 Å². The van der Waals surface area contributed by atoms with Gasteiger partial charge in [-0.15, -0.1) is 10.2 Å². The van der Waals surface area contributed by atoms with Gasteiger partial charge in [-0.3, -0.25) is 4.79 Å². The summed E-state index contributed by atoms with van der Waals surface area (Å²) in [5.74, 6) is -0.268. The molecule has 0 bridgehead atoms. The highest BCUT2D eigenvalue weighted by Gasteiger charge is 2.12. The Labute approximate surface area is 110 Å². The van der Waals surface area contributed by atoms with Crippen LogP contribution < -0.4 is 5.32 Å². The molecule has 0 spiro atoms. The van der Waals surface area contributed by atoms with Crippen molar-refractivity contribution in [2.75, 3.05) is 0 Å². The van der Waals surface area contributed by atoms with Gasteiger partial charge in [-0.2, -0.15) is 0 Å². The first-order valence-corrected chi connectivity index (χ1v) is 5.89. The van der Waals surface area contributed by atoms with Gasteiger partial charge in [0.2, 0.25) is 0 Å². The van der Waals surface area contributed by atoms with Gasteiger partial charge < -0.3 is 5.32 Å². The molecule has 1 atom stereocenters. The Bertz CT molecular complexity index is 528. The van der Waals surface area contributed by atoms with Crippen LogP contribution in [0.3, 0.4) is 0 Å². The predicted molar refractivity (Wildman–Crippen MR) is 69.4 cm³/mol. The maximum absolute atomic E-state index is 11.9. The van der Waals surface area contributed by atoms with E-state index in [4.69, 9.17) is 11.6 Å². The topological polar surface area (TPSA) is 54.9 Å². The molecular weight excluding hydrogens is 250 g/mol. The van der Waals surface area contributed by atoms with Crippen molar-refractivity contribution in [1.29, 1.82) is 0 Å². The monoisotopic (exact) mass is 261 g/mol. The molecule has 0 aliphatic carbocycles. The summed E-state index contributed by atoms with van der Waals surface area (Å²) in [4.78, 5) is 11.9. The summed E-state index contributed by atoms with van der Waals surface area (Å²) < 4.78 is 0. The molecule has 18 heavy (non-hydrogen) atoms. The minimum Gasteiger partial charge on any atom is -0.344 e. The van der Waals surface area contributed by atoms with Crippen LogP contribution in [0.25, 0.3) is 0 Å². The molecule has 0 unspecified atom stereocenters. The van der Waals surface area contributed by atoms with Crippen molar-refractivity contribution in [3.63, 3.8) is 0 Å². The molecule has 5 heteroatoms. The standard InChI is InChI=1S/C13H12ClN3O/c1-9(10-5-3-2-4-6-10)15-13(18)11-7-8-12(14)17-16-11/h2-9H,1H3,(H,15,18)/t9-/m0/s1. The lowest BCUT2D eigenvalue weighted by atomic mass is 10.1. The van der Waals surface area contributed by atoms with E-state index in [1.165, 1.54) is 6.07 Å². The van der Waals surface area contributed by atoms with E-state index in [1.807, 2.05) is 37.3 Å². The third-order valence-electron chi connectivity index (χ3n) is 2.51. The summed E-state index contributed by atoms with van der Waals surface area (Å²) in [6, 6.07) is 12.7. The summed E-state index contributed by atoms with van der Waals surface area (Å²) in [6.45, 7) is 1.91. The first kappa shape index (κ1) is 12.5. The first-order valence-electron chi connectivity index (χ1n) is 5.52. The molecule has 1 aromatic heterocycles. The number of hydrogen-bond acceptors (Lipinski definition) is 3. The zero-order chi connectivity index (χ0) is 13.0. The smallest absolute Gasteiger partial charge is 0.272 e. The lowest BCUT2D eigenvalue weighted by Crippen LogP contribution is -2.27. The molecule has 1 aromatic carbocycles. The average molecular weight is 262 g/mol. The van der Waals surface area contributed by atoms with Crippen molar-refractivity contribution >= 4 is 17.5 Å². The van der Waals surface area contributed by atoms with Gasteiger partial charge in [0.25, 0.3) is 5.91 Å². The summed E-state index contributed by atoms with van der Waals surface area (Å²) >= 11 is 5.61. The van der Waals surface area contributed by atoms with Gasteiger partial charge in [-0.05, 0) is 24.6 Å². The molecule has 0 fully saturated rings. The largest absolute Gasteiger partial charge is 0.344 e. The van der Waals surface area contributed by atoms with E-state index in [9.17, 15) is 4.79 Å².